The average molecular weight is 1470 g/mol. The summed E-state index contributed by atoms with van der Waals surface area (Å²) in [5.41, 5.74) is 26.6. The van der Waals surface area contributed by atoms with Gasteiger partial charge < -0.3 is 58.6 Å². The summed E-state index contributed by atoms with van der Waals surface area (Å²) in [7, 11) is 0.905. The summed E-state index contributed by atoms with van der Waals surface area (Å²) in [5, 5.41) is 34.7. The van der Waals surface area contributed by atoms with Gasteiger partial charge in [-0.05, 0) is 178 Å². The van der Waals surface area contributed by atoms with Crippen LogP contribution in [0.1, 0.15) is 155 Å². The Kier molecular flexibility index (Phi) is 29.4. The second-order valence-corrected chi connectivity index (χ2v) is 31.5. The number of benzene rings is 4. The fraction of sp³-hybridized carbons (Fsp3) is 0.494. The predicted octanol–water partition coefficient (Wildman–Crippen LogP) is 7.55. The lowest BCUT2D eigenvalue weighted by atomic mass is 9.70. The Hall–Kier alpha value is -8.87. The van der Waals surface area contributed by atoms with Gasteiger partial charge in [0.1, 0.15) is 17.6 Å². The van der Waals surface area contributed by atoms with Crippen LogP contribution in [0.3, 0.4) is 0 Å². The summed E-state index contributed by atoms with van der Waals surface area (Å²) < 4.78 is 14.3. The van der Waals surface area contributed by atoms with Gasteiger partial charge in [-0.25, -0.2) is 0 Å². The van der Waals surface area contributed by atoms with Crippen molar-refractivity contribution in [1.29, 1.82) is 0 Å². The molecule has 13 atom stereocenters. The van der Waals surface area contributed by atoms with Gasteiger partial charge >= 0.3 is 0 Å². The van der Waals surface area contributed by atoms with Gasteiger partial charge in [0.05, 0.1) is 24.2 Å². The molecule has 13 N–H and O–H groups in total. The molecular formula is C83H107N11O11S. The zero-order valence-electron chi connectivity index (χ0n) is 61.3. The largest absolute Gasteiger partial charge is 0.508 e. The first-order valence-corrected chi connectivity index (χ1v) is 39.5. The molecule has 4 aliphatic rings. The molecular weight excluding hydrogens is 1360 g/mol. The van der Waals surface area contributed by atoms with E-state index in [1.165, 1.54) is 41.3 Å². The van der Waals surface area contributed by atoms with Gasteiger partial charge in [0.2, 0.25) is 17.7 Å². The molecule has 0 saturated carbocycles. The second kappa shape index (κ2) is 39.1. The molecule has 106 heavy (non-hydrogen) atoms. The minimum Gasteiger partial charge on any atom is -0.508 e. The quantitative estimate of drug-likeness (QED) is 0.0168. The highest BCUT2D eigenvalue weighted by molar-refractivity contribution is 7.85. The summed E-state index contributed by atoms with van der Waals surface area (Å²) in [6, 6.07) is 28.6. The number of likely N-dealkylation sites (tertiary alicyclic amines) is 1. The minimum atomic E-state index is -1.49. The lowest BCUT2D eigenvalue weighted by Crippen LogP contribution is -2.51. The Morgan fingerprint density at radius 1 is 0.679 bits per heavy atom. The number of para-hydroxylation sites is 1. The number of H-pyrrole nitrogens is 1. The van der Waals surface area contributed by atoms with Gasteiger partial charge in [-0.1, -0.05) is 104 Å². The Labute approximate surface area is 624 Å². The molecule has 2 aliphatic heterocycles. The molecule has 10 rings (SSSR count). The number of carbonyl (C=O) groups is 8. The van der Waals surface area contributed by atoms with E-state index in [4.69, 9.17) is 17.2 Å². The number of aromatic hydroxyl groups is 1. The standard InChI is InChI=1S/C83H107N11O11S/c1-52(95)79-77(101)47-61(39-54-25-29-64(96)30-26-54)73(97)24-8-4-7-23-69(88-37-38-106(105)51-56-41-67-66-21-13-18-57-27-28-58(78(57)66)44-72(67)94(2)50-56)74(98)45-60(19-14-34-89-83(85)86)80(102)91-70(42-53-15-5-3-6-16-53)76(100)48-62(40-55-31-35-87-36-32-55)82(104)92-71(43-63-49-90-68-22-10-9-20-65(63)68)75(99)46-59(81(103)93-79)17-11-12-33-84/h3,5-6,9-10,13,15-16,18,20-22,25-26,28-32,35-36,49,52,56,59-62,67,69-72,79,88,90,95-96H,4,7-8,11-12,14,17,19,23-24,27,33-34,37-48,50-51,84H2,1-2H3,(H,91,102)(H,92,104)(H,93,103)(H4,85,86,89)/t52-,56-,59-,60-,61-,62-,67-,69-,70+,71-,72-,79+,106+/m1/s1. The van der Waals surface area contributed by atoms with Crippen LogP contribution in [0.15, 0.2) is 139 Å². The first kappa shape index (κ1) is 79.7. The summed E-state index contributed by atoms with van der Waals surface area (Å²) in [4.78, 5) is 135. The normalized spacial score (nSPS) is 25.1. The maximum Gasteiger partial charge on any atom is 0.224 e. The lowest BCUT2D eigenvalue weighted by Gasteiger charge is -2.46. The first-order chi connectivity index (χ1) is 51.2. The molecule has 6 aromatic rings. The van der Waals surface area contributed by atoms with Crippen molar-refractivity contribution in [1.82, 2.24) is 36.1 Å². The number of aliphatic hydroxyl groups excluding tert-OH is 1. The summed E-state index contributed by atoms with van der Waals surface area (Å²) in [5.74, 6) is -7.09. The number of carbonyl (C=O) groups excluding carboxylic acids is 8. The van der Waals surface area contributed by atoms with E-state index in [1.807, 2.05) is 54.6 Å². The first-order valence-electron chi connectivity index (χ1n) is 38.0. The number of fused-ring (bicyclic) bond motifs is 3. The van der Waals surface area contributed by atoms with Crippen LogP contribution in [0, 0.1) is 29.6 Å². The number of rotatable bonds is 23. The molecule has 0 unspecified atom stereocenters. The molecule has 0 spiro atoms. The number of aliphatic imine (C=N–C) groups is 1. The molecule has 2 aliphatic carbocycles. The van der Waals surface area contributed by atoms with Crippen molar-refractivity contribution >= 4 is 79.9 Å². The van der Waals surface area contributed by atoms with Gasteiger partial charge in [0, 0.05) is 146 Å². The molecule has 23 heteroatoms. The van der Waals surface area contributed by atoms with E-state index in [0.29, 0.717) is 91.5 Å². The number of piperidine rings is 1. The van der Waals surface area contributed by atoms with Crippen molar-refractivity contribution in [3.8, 4) is 5.75 Å². The second-order valence-electron chi connectivity index (χ2n) is 29.9. The van der Waals surface area contributed by atoms with Crippen LogP contribution < -0.4 is 38.5 Å². The third-order valence-electron chi connectivity index (χ3n) is 22.0. The molecule has 566 valence electrons. The summed E-state index contributed by atoms with van der Waals surface area (Å²) in [6.07, 6.45) is 10.5. The molecule has 4 aromatic carbocycles. The number of guanidine groups is 1. The van der Waals surface area contributed by atoms with Crippen LogP contribution in [0.2, 0.25) is 0 Å². The number of aliphatic hydroxyl groups is 1. The highest BCUT2D eigenvalue weighted by Crippen LogP contribution is 2.49. The molecule has 22 nitrogen and oxygen atoms in total. The van der Waals surface area contributed by atoms with Crippen LogP contribution >= 0.6 is 0 Å². The predicted molar refractivity (Wildman–Crippen MR) is 412 cm³/mol. The smallest absolute Gasteiger partial charge is 0.224 e. The van der Waals surface area contributed by atoms with Crippen LogP contribution in [-0.2, 0) is 81.3 Å². The van der Waals surface area contributed by atoms with E-state index < -0.39 is 113 Å². The maximum absolute atomic E-state index is 15.5. The number of amides is 3. The molecule has 4 heterocycles. The zero-order valence-corrected chi connectivity index (χ0v) is 62.1. The average Bonchev–Trinajstić information content (AvgIpc) is 1.48. The van der Waals surface area contributed by atoms with Gasteiger partial charge in [-0.3, -0.25) is 52.5 Å². The number of unbranched alkanes of at least 4 members (excludes halogenated alkanes) is 1. The Balaban J connectivity index is 0.965. The van der Waals surface area contributed by atoms with Crippen molar-refractivity contribution in [3.05, 3.63) is 173 Å². The fourth-order valence-corrected chi connectivity index (χ4v) is 17.5. The summed E-state index contributed by atoms with van der Waals surface area (Å²) in [6.45, 7) is 2.86. The number of aromatic nitrogens is 2. The number of nitrogens with zero attached hydrogens (tertiary/aromatic N) is 3. The van der Waals surface area contributed by atoms with E-state index in [1.54, 1.807) is 42.9 Å². The number of Topliss-reactive ketones (excluding diaryl/α,β-unsaturated/α-hetero) is 5. The number of phenols is 1. The Bertz CT molecular complexity index is 4090. The topological polar surface area (TPSA) is 365 Å². The molecule has 3 amide bonds. The van der Waals surface area contributed by atoms with Crippen molar-refractivity contribution in [3.63, 3.8) is 0 Å². The lowest BCUT2D eigenvalue weighted by molar-refractivity contribution is -0.136. The fourth-order valence-electron chi connectivity index (χ4n) is 16.2. The number of hydrogen-bond acceptors (Lipinski definition) is 16. The van der Waals surface area contributed by atoms with Gasteiger partial charge in [0.15, 0.2) is 29.1 Å². The third kappa shape index (κ3) is 22.4. The van der Waals surface area contributed by atoms with E-state index >= 15 is 24.0 Å². The highest BCUT2D eigenvalue weighted by atomic mass is 32.2. The molecule has 2 aromatic heterocycles. The van der Waals surface area contributed by atoms with E-state index in [2.05, 4.69) is 72.5 Å². The monoisotopic (exact) mass is 1470 g/mol. The Morgan fingerprint density at radius 2 is 1.33 bits per heavy atom. The van der Waals surface area contributed by atoms with Crippen molar-refractivity contribution in [2.75, 3.05) is 44.7 Å². The van der Waals surface area contributed by atoms with Gasteiger partial charge in [-0.15, -0.1) is 0 Å². The van der Waals surface area contributed by atoms with Crippen molar-refractivity contribution in [2.24, 2.45) is 51.8 Å². The number of pyridine rings is 1. The van der Waals surface area contributed by atoms with Crippen LogP contribution in [0.25, 0.3) is 16.5 Å². The summed E-state index contributed by atoms with van der Waals surface area (Å²) >= 11 is 0. The third-order valence-corrected chi connectivity index (χ3v) is 23.5. The molecule has 2 fully saturated rings. The number of allylic oxidation sites excluding steroid dienone is 1. The Morgan fingerprint density at radius 3 is 2.07 bits per heavy atom. The molecule has 0 radical (unpaired) electrons. The number of nitrogens with one attached hydrogen (secondary N) is 5. The van der Waals surface area contributed by atoms with Gasteiger partial charge in [0.25, 0.3) is 0 Å². The number of hydrogen-bond donors (Lipinski definition) is 10. The van der Waals surface area contributed by atoms with E-state index in [0.717, 1.165) is 36.7 Å². The van der Waals surface area contributed by atoms with Gasteiger partial charge in [-0.2, -0.15) is 0 Å². The highest BCUT2D eigenvalue weighted by Gasteiger charge is 2.43. The number of likely N-dealkylation sites (N-methyl/N-ethyl adjacent to an activating group) is 1. The van der Waals surface area contributed by atoms with E-state index in [-0.39, 0.29) is 106 Å². The minimum absolute atomic E-state index is 0.0108. The number of aromatic amines is 1. The van der Waals surface area contributed by atoms with Crippen molar-refractivity contribution < 1.29 is 52.8 Å². The van der Waals surface area contributed by atoms with Crippen LogP contribution in [-0.4, -0.2) is 163 Å². The molecule has 0 bridgehead atoms. The number of phenolic OH excluding ortho intramolecular Hbond substituents is 1. The SMILES string of the molecule is C[C@@H](O)[C@@H]1NC(=O)[C@H](CCCCN)CC(=O)[C@@H](Cc2c[nH]c3ccccc23)NC(=O)[C@H](Cc2ccncc2)CC(=O)[C@H](Cc2ccccc2)NC(=O)[C@H](CCCN=C(N)N)CC(=O)[C@H](NCC[S@](=O)C[C@@H]2C[C@@H]3c4cccc5c4C(=CC5)C[C@H]3N(C)C2)CCCCCC(=O)[C@H](Cc2ccc(O)cc2)CC1=O. The van der Waals surface area contributed by atoms with E-state index in [9.17, 15) is 28.8 Å². The number of ketones is 5. The van der Waals surface area contributed by atoms with Crippen LogP contribution in [0.4, 0.5) is 0 Å². The maximum atomic E-state index is 15.5. The van der Waals surface area contributed by atoms with Crippen LogP contribution in [0.5, 0.6) is 5.75 Å². The van der Waals surface area contributed by atoms with Crippen molar-refractivity contribution in [2.45, 2.75) is 184 Å². The number of nitrogens with two attached hydrogens (primary N) is 3. The zero-order chi connectivity index (χ0) is 75.2. The molecule has 2 saturated heterocycles.